The van der Waals surface area contributed by atoms with Crippen molar-refractivity contribution in [3.8, 4) is 0 Å². The summed E-state index contributed by atoms with van der Waals surface area (Å²) in [5.41, 5.74) is 0. The van der Waals surface area contributed by atoms with Crippen LogP contribution in [0, 0.1) is 5.92 Å². The molecule has 2 aliphatic rings. The minimum absolute atomic E-state index is 0.191. The van der Waals surface area contributed by atoms with E-state index in [0.717, 1.165) is 19.0 Å². The van der Waals surface area contributed by atoms with Gasteiger partial charge in [0.2, 0.25) is 0 Å². The predicted molar refractivity (Wildman–Crippen MR) is 57.2 cm³/mol. The lowest BCUT2D eigenvalue weighted by Gasteiger charge is -2.32. The van der Waals surface area contributed by atoms with Gasteiger partial charge in [0.1, 0.15) is 0 Å². The Morgan fingerprint density at radius 2 is 1.93 bits per heavy atom. The SMILES string of the molecule is CC1CCCCC1N[C@@H]1CNC[C@H]1O. The maximum Gasteiger partial charge on any atom is 0.0829 e. The molecule has 0 bridgehead atoms. The second kappa shape index (κ2) is 4.60. The third-order valence-electron chi connectivity index (χ3n) is 3.72. The van der Waals surface area contributed by atoms with Crippen molar-refractivity contribution in [1.29, 1.82) is 0 Å². The summed E-state index contributed by atoms with van der Waals surface area (Å²) in [7, 11) is 0. The molecule has 0 radical (unpaired) electrons. The van der Waals surface area contributed by atoms with Crippen LogP contribution in [0.2, 0.25) is 0 Å². The Morgan fingerprint density at radius 3 is 2.57 bits per heavy atom. The third-order valence-corrected chi connectivity index (χ3v) is 3.72. The molecular weight excluding hydrogens is 176 g/mol. The highest BCUT2D eigenvalue weighted by molar-refractivity contribution is 4.90. The number of nitrogens with one attached hydrogen (secondary N) is 2. The average Bonchev–Trinajstić information content (AvgIpc) is 2.56. The van der Waals surface area contributed by atoms with Crippen LogP contribution in [-0.4, -0.2) is 36.4 Å². The van der Waals surface area contributed by atoms with Crippen LogP contribution in [0.5, 0.6) is 0 Å². The lowest BCUT2D eigenvalue weighted by molar-refractivity contribution is 0.142. The molecule has 0 aromatic carbocycles. The van der Waals surface area contributed by atoms with Crippen molar-refractivity contribution < 1.29 is 5.11 Å². The molecular formula is C11H22N2O. The van der Waals surface area contributed by atoms with E-state index in [9.17, 15) is 5.11 Å². The number of hydrogen-bond donors (Lipinski definition) is 3. The molecule has 0 aromatic heterocycles. The van der Waals surface area contributed by atoms with Gasteiger partial charge in [-0.2, -0.15) is 0 Å². The van der Waals surface area contributed by atoms with Crippen molar-refractivity contribution in [3.63, 3.8) is 0 Å². The molecule has 3 N–H and O–H groups in total. The van der Waals surface area contributed by atoms with Crippen LogP contribution in [0.3, 0.4) is 0 Å². The smallest absolute Gasteiger partial charge is 0.0829 e. The Balaban J connectivity index is 1.83. The first-order chi connectivity index (χ1) is 6.77. The fourth-order valence-electron chi connectivity index (χ4n) is 2.67. The number of β-amino-alcohol motifs (C(OH)–C–C–N with tert-alkyl or cyclic N) is 1. The molecule has 2 unspecified atom stereocenters. The second-order valence-corrected chi connectivity index (χ2v) is 4.87. The zero-order valence-corrected chi connectivity index (χ0v) is 9.00. The molecule has 2 rings (SSSR count). The van der Waals surface area contributed by atoms with Crippen LogP contribution in [0.4, 0.5) is 0 Å². The molecule has 3 nitrogen and oxygen atoms in total. The molecule has 1 heterocycles. The summed E-state index contributed by atoms with van der Waals surface area (Å²) in [6, 6.07) is 0.906. The highest BCUT2D eigenvalue weighted by atomic mass is 16.3. The molecule has 0 aromatic rings. The number of hydrogen-bond acceptors (Lipinski definition) is 3. The zero-order valence-electron chi connectivity index (χ0n) is 9.00. The van der Waals surface area contributed by atoms with Gasteiger partial charge in [-0.3, -0.25) is 0 Å². The van der Waals surface area contributed by atoms with Crippen LogP contribution in [-0.2, 0) is 0 Å². The van der Waals surface area contributed by atoms with Crippen molar-refractivity contribution in [2.45, 2.75) is 50.8 Å². The van der Waals surface area contributed by atoms with E-state index in [1.807, 2.05) is 0 Å². The molecule has 1 aliphatic heterocycles. The summed E-state index contributed by atoms with van der Waals surface area (Å²) in [5, 5.41) is 16.5. The third kappa shape index (κ3) is 2.27. The van der Waals surface area contributed by atoms with E-state index in [1.54, 1.807) is 0 Å². The monoisotopic (exact) mass is 198 g/mol. The number of aliphatic hydroxyl groups is 1. The summed E-state index contributed by atoms with van der Waals surface area (Å²) >= 11 is 0. The Labute approximate surface area is 86.3 Å². The van der Waals surface area contributed by atoms with Crippen LogP contribution < -0.4 is 10.6 Å². The molecule has 1 aliphatic carbocycles. The summed E-state index contributed by atoms with van der Waals surface area (Å²) in [4.78, 5) is 0. The predicted octanol–water partition coefficient (Wildman–Crippen LogP) is 0.487. The Kier molecular flexibility index (Phi) is 3.42. The minimum atomic E-state index is -0.191. The van der Waals surface area contributed by atoms with Gasteiger partial charge in [-0.05, 0) is 18.8 Å². The second-order valence-electron chi connectivity index (χ2n) is 4.87. The lowest BCUT2D eigenvalue weighted by Crippen LogP contribution is -2.48. The molecule has 0 spiro atoms. The topological polar surface area (TPSA) is 44.3 Å². The van der Waals surface area contributed by atoms with Gasteiger partial charge in [0.05, 0.1) is 6.10 Å². The maximum atomic E-state index is 9.68. The van der Waals surface area contributed by atoms with Gasteiger partial charge in [-0.1, -0.05) is 19.8 Å². The van der Waals surface area contributed by atoms with E-state index in [4.69, 9.17) is 0 Å². The van der Waals surface area contributed by atoms with E-state index in [-0.39, 0.29) is 12.1 Å². The first kappa shape index (κ1) is 10.4. The normalized spacial score (nSPS) is 44.1. The van der Waals surface area contributed by atoms with Crippen molar-refractivity contribution in [2.24, 2.45) is 5.92 Å². The molecule has 1 saturated heterocycles. The van der Waals surface area contributed by atoms with Crippen molar-refractivity contribution >= 4 is 0 Å². The van der Waals surface area contributed by atoms with E-state index >= 15 is 0 Å². The van der Waals surface area contributed by atoms with E-state index in [0.29, 0.717) is 6.04 Å². The lowest BCUT2D eigenvalue weighted by atomic mass is 9.85. The molecule has 3 heteroatoms. The standard InChI is InChI=1S/C11H22N2O/c1-8-4-2-3-5-9(8)13-10-6-12-7-11(10)14/h8-14H,2-7H2,1H3/t8?,9?,10-,11-/m1/s1. The quantitative estimate of drug-likeness (QED) is 0.605. The Morgan fingerprint density at radius 1 is 1.14 bits per heavy atom. The van der Waals surface area contributed by atoms with Crippen molar-refractivity contribution in [3.05, 3.63) is 0 Å². The van der Waals surface area contributed by atoms with Gasteiger partial charge >= 0.3 is 0 Å². The Hall–Kier alpha value is -0.120. The molecule has 82 valence electrons. The summed E-state index contributed by atoms with van der Waals surface area (Å²) in [5.74, 6) is 0.775. The first-order valence-corrected chi connectivity index (χ1v) is 5.92. The largest absolute Gasteiger partial charge is 0.390 e. The number of aliphatic hydroxyl groups excluding tert-OH is 1. The van der Waals surface area contributed by atoms with E-state index in [2.05, 4.69) is 17.6 Å². The molecule has 2 fully saturated rings. The van der Waals surface area contributed by atoms with Crippen molar-refractivity contribution in [1.82, 2.24) is 10.6 Å². The van der Waals surface area contributed by atoms with Crippen LogP contribution in [0.15, 0.2) is 0 Å². The van der Waals surface area contributed by atoms with Gasteiger partial charge in [0.15, 0.2) is 0 Å². The van der Waals surface area contributed by atoms with Gasteiger partial charge < -0.3 is 15.7 Å². The highest BCUT2D eigenvalue weighted by Crippen LogP contribution is 2.24. The molecule has 1 saturated carbocycles. The van der Waals surface area contributed by atoms with Crippen LogP contribution in [0.1, 0.15) is 32.6 Å². The maximum absolute atomic E-state index is 9.68. The molecule has 4 atom stereocenters. The minimum Gasteiger partial charge on any atom is -0.390 e. The highest BCUT2D eigenvalue weighted by Gasteiger charge is 2.29. The summed E-state index contributed by atoms with van der Waals surface area (Å²) in [6.45, 7) is 3.99. The average molecular weight is 198 g/mol. The fraction of sp³-hybridized carbons (Fsp3) is 1.00. The molecule has 0 amide bonds. The fourth-order valence-corrected chi connectivity index (χ4v) is 2.67. The van der Waals surface area contributed by atoms with Gasteiger partial charge in [0.25, 0.3) is 0 Å². The first-order valence-electron chi connectivity index (χ1n) is 5.92. The van der Waals surface area contributed by atoms with E-state index < -0.39 is 0 Å². The van der Waals surface area contributed by atoms with Crippen LogP contribution in [0.25, 0.3) is 0 Å². The van der Waals surface area contributed by atoms with Crippen LogP contribution >= 0.6 is 0 Å². The number of rotatable bonds is 2. The summed E-state index contributed by atoms with van der Waals surface area (Å²) < 4.78 is 0. The molecule has 14 heavy (non-hydrogen) atoms. The summed E-state index contributed by atoms with van der Waals surface area (Å²) in [6.07, 6.45) is 5.16. The van der Waals surface area contributed by atoms with Gasteiger partial charge in [-0.15, -0.1) is 0 Å². The zero-order chi connectivity index (χ0) is 9.97. The Bertz CT molecular complexity index is 186. The van der Waals surface area contributed by atoms with Gasteiger partial charge in [-0.25, -0.2) is 0 Å². The van der Waals surface area contributed by atoms with Crippen molar-refractivity contribution in [2.75, 3.05) is 13.1 Å². The van der Waals surface area contributed by atoms with Gasteiger partial charge in [0, 0.05) is 25.2 Å². The van der Waals surface area contributed by atoms with E-state index in [1.165, 1.54) is 25.7 Å².